The lowest BCUT2D eigenvalue weighted by atomic mass is 9.79. The van der Waals surface area contributed by atoms with Crippen molar-refractivity contribution in [1.82, 2.24) is 0 Å². The number of halogens is 1. The summed E-state index contributed by atoms with van der Waals surface area (Å²) in [5.74, 6) is -0.303. The van der Waals surface area contributed by atoms with E-state index in [1.807, 2.05) is 0 Å². The summed E-state index contributed by atoms with van der Waals surface area (Å²) in [4.78, 5) is 24.2. The second kappa shape index (κ2) is 6.49. The molecule has 1 saturated carbocycles. The minimum absolute atomic E-state index is 0.130. The Morgan fingerprint density at radius 2 is 2.04 bits per heavy atom. The number of hydrogen-bond donors (Lipinski definition) is 2. The van der Waals surface area contributed by atoms with Crippen molar-refractivity contribution in [3.8, 4) is 0 Å². The van der Waals surface area contributed by atoms with Crippen molar-refractivity contribution >= 4 is 29.1 Å². The molecule has 1 saturated heterocycles. The van der Waals surface area contributed by atoms with Gasteiger partial charge in [0.2, 0.25) is 0 Å². The fraction of sp³-hybridized carbons (Fsp3) is 0.529. The molecule has 1 aliphatic heterocycles. The average molecular weight is 337 g/mol. The molecule has 2 amide bonds. The molecular weight excluding hydrogens is 316 g/mol. The zero-order valence-electron chi connectivity index (χ0n) is 13.0. The maximum absolute atomic E-state index is 12.6. The number of anilines is 1. The van der Waals surface area contributed by atoms with Crippen molar-refractivity contribution in [1.29, 1.82) is 0 Å². The molecule has 1 heterocycles. The smallest absolute Gasteiger partial charge is 0.253 e. The van der Waals surface area contributed by atoms with Crippen LogP contribution in [-0.2, 0) is 9.53 Å². The number of nitrogens with one attached hydrogen (secondary N) is 1. The van der Waals surface area contributed by atoms with Gasteiger partial charge in [-0.1, -0.05) is 37.4 Å². The monoisotopic (exact) mass is 336 g/mol. The van der Waals surface area contributed by atoms with Gasteiger partial charge in [-0.15, -0.1) is 0 Å². The summed E-state index contributed by atoms with van der Waals surface area (Å²) in [6.07, 6.45) is 4.15. The molecule has 23 heavy (non-hydrogen) atoms. The number of hydrogen-bond acceptors (Lipinski definition) is 3. The fourth-order valence-corrected chi connectivity index (χ4v) is 4.08. The van der Waals surface area contributed by atoms with Crippen LogP contribution >= 0.6 is 11.6 Å². The third-order valence-corrected chi connectivity index (χ3v) is 5.32. The zero-order chi connectivity index (χ0) is 16.6. The minimum Gasteiger partial charge on any atom is -0.365 e. The summed E-state index contributed by atoms with van der Waals surface area (Å²) in [5, 5.41) is 2.99. The van der Waals surface area contributed by atoms with Gasteiger partial charge < -0.3 is 15.8 Å². The van der Waals surface area contributed by atoms with Crippen LogP contribution in [0.2, 0.25) is 5.02 Å². The third kappa shape index (κ3) is 3.08. The molecular formula is C17H21ClN2O3. The molecule has 1 aromatic rings. The highest BCUT2D eigenvalue weighted by atomic mass is 35.5. The Morgan fingerprint density at radius 3 is 2.74 bits per heavy atom. The van der Waals surface area contributed by atoms with Crippen LogP contribution in [-0.4, -0.2) is 24.0 Å². The van der Waals surface area contributed by atoms with Crippen molar-refractivity contribution in [2.24, 2.45) is 17.6 Å². The van der Waals surface area contributed by atoms with Gasteiger partial charge in [0.05, 0.1) is 22.4 Å². The number of primary amides is 1. The molecule has 3 rings (SSSR count). The van der Waals surface area contributed by atoms with Crippen molar-refractivity contribution in [3.05, 3.63) is 28.8 Å². The molecule has 4 atom stereocenters. The van der Waals surface area contributed by atoms with Gasteiger partial charge in [0, 0.05) is 0 Å². The van der Waals surface area contributed by atoms with E-state index < -0.39 is 12.0 Å². The minimum atomic E-state index is -0.667. The van der Waals surface area contributed by atoms with E-state index in [2.05, 4.69) is 12.2 Å². The summed E-state index contributed by atoms with van der Waals surface area (Å²) in [5.41, 5.74) is 5.83. The Labute approximate surface area is 140 Å². The van der Waals surface area contributed by atoms with Gasteiger partial charge in [-0.3, -0.25) is 9.59 Å². The Hall–Kier alpha value is -1.59. The topological polar surface area (TPSA) is 81.4 Å². The predicted octanol–water partition coefficient (Wildman–Crippen LogP) is 2.97. The first-order chi connectivity index (χ1) is 11.0. The number of fused-ring (bicyclic) bond motifs is 1. The number of rotatable bonds is 3. The summed E-state index contributed by atoms with van der Waals surface area (Å²) >= 11 is 6.01. The van der Waals surface area contributed by atoms with Crippen LogP contribution < -0.4 is 11.1 Å². The molecule has 0 bridgehead atoms. The van der Waals surface area contributed by atoms with E-state index in [9.17, 15) is 9.59 Å². The van der Waals surface area contributed by atoms with E-state index in [1.54, 1.807) is 18.2 Å². The van der Waals surface area contributed by atoms with Crippen molar-refractivity contribution in [3.63, 3.8) is 0 Å². The molecule has 0 unspecified atom stereocenters. The number of benzene rings is 1. The standard InChI is InChI=1S/C17H21ClN2O3/c1-9-10-5-2-3-8-13(10)23-15(9)17(22)20-12-7-4-6-11(18)14(12)16(19)21/h4,6-7,9-10,13,15H,2-3,5,8H2,1H3,(H2,19,21)(H,20,22)/t9-,10+,13+,15+/m0/s1. The molecule has 0 spiro atoms. The number of nitrogens with two attached hydrogens (primary N) is 1. The quantitative estimate of drug-likeness (QED) is 0.890. The van der Waals surface area contributed by atoms with E-state index in [-0.39, 0.29) is 28.5 Å². The summed E-state index contributed by atoms with van der Waals surface area (Å²) in [6.45, 7) is 2.06. The van der Waals surface area contributed by atoms with Crippen molar-refractivity contribution < 1.29 is 14.3 Å². The van der Waals surface area contributed by atoms with Gasteiger partial charge >= 0.3 is 0 Å². The van der Waals surface area contributed by atoms with Crippen molar-refractivity contribution in [2.75, 3.05) is 5.32 Å². The molecule has 0 aromatic heterocycles. The van der Waals surface area contributed by atoms with Gasteiger partial charge in [0.15, 0.2) is 0 Å². The maximum Gasteiger partial charge on any atom is 0.253 e. The van der Waals surface area contributed by atoms with Crippen molar-refractivity contribution in [2.45, 2.75) is 44.8 Å². The average Bonchev–Trinajstić information content (AvgIpc) is 2.85. The first-order valence-corrected chi connectivity index (χ1v) is 8.41. The Kier molecular flexibility index (Phi) is 4.60. The number of ether oxygens (including phenoxy) is 1. The van der Waals surface area contributed by atoms with E-state index in [0.717, 1.165) is 19.3 Å². The third-order valence-electron chi connectivity index (χ3n) is 5.00. The molecule has 124 valence electrons. The van der Waals surface area contributed by atoms with Crippen LogP contribution in [0, 0.1) is 11.8 Å². The van der Waals surface area contributed by atoms with Gasteiger partial charge in [-0.05, 0) is 36.8 Å². The van der Waals surface area contributed by atoms with E-state index in [4.69, 9.17) is 22.1 Å². The first-order valence-electron chi connectivity index (χ1n) is 8.03. The summed E-state index contributed by atoms with van der Waals surface area (Å²) < 4.78 is 5.98. The van der Waals surface area contributed by atoms with E-state index in [1.165, 1.54) is 6.42 Å². The van der Waals surface area contributed by atoms with E-state index >= 15 is 0 Å². The van der Waals surface area contributed by atoms with Crippen LogP contribution in [0.25, 0.3) is 0 Å². The SMILES string of the molecule is C[C@H]1[C@H]2CCCC[C@H]2O[C@H]1C(=O)Nc1cccc(Cl)c1C(N)=O. The molecule has 0 radical (unpaired) electrons. The first kappa shape index (κ1) is 16.3. The maximum atomic E-state index is 12.6. The zero-order valence-corrected chi connectivity index (χ0v) is 13.8. The Bertz CT molecular complexity index is 634. The predicted molar refractivity (Wildman–Crippen MR) is 88.4 cm³/mol. The summed E-state index contributed by atoms with van der Waals surface area (Å²) in [6, 6.07) is 4.86. The van der Waals surface area contributed by atoms with Crippen LogP contribution in [0.1, 0.15) is 43.0 Å². The number of amides is 2. The van der Waals surface area contributed by atoms with Gasteiger partial charge in [0.1, 0.15) is 6.10 Å². The van der Waals surface area contributed by atoms with Crippen LogP contribution in [0.5, 0.6) is 0 Å². The molecule has 1 aromatic carbocycles. The molecule has 5 nitrogen and oxygen atoms in total. The second-order valence-electron chi connectivity index (χ2n) is 6.42. The van der Waals surface area contributed by atoms with Crippen LogP contribution in [0.4, 0.5) is 5.69 Å². The van der Waals surface area contributed by atoms with Gasteiger partial charge in [-0.25, -0.2) is 0 Å². The number of carbonyl (C=O) groups excluding carboxylic acids is 2. The highest BCUT2D eigenvalue weighted by Crippen LogP contribution is 2.41. The second-order valence-corrected chi connectivity index (χ2v) is 6.83. The molecule has 1 aliphatic carbocycles. The lowest BCUT2D eigenvalue weighted by molar-refractivity contribution is -0.128. The number of carbonyl (C=O) groups is 2. The van der Waals surface area contributed by atoms with Gasteiger partial charge in [-0.2, -0.15) is 0 Å². The molecule has 2 fully saturated rings. The lowest BCUT2D eigenvalue weighted by Gasteiger charge is -2.25. The van der Waals surface area contributed by atoms with Gasteiger partial charge in [0.25, 0.3) is 11.8 Å². The molecule has 6 heteroatoms. The highest BCUT2D eigenvalue weighted by Gasteiger charge is 2.45. The highest BCUT2D eigenvalue weighted by molar-refractivity contribution is 6.34. The van der Waals surface area contributed by atoms with Crippen LogP contribution in [0.15, 0.2) is 18.2 Å². The Morgan fingerprint density at radius 1 is 1.30 bits per heavy atom. The fourth-order valence-electron chi connectivity index (χ4n) is 3.82. The van der Waals surface area contributed by atoms with E-state index in [0.29, 0.717) is 11.6 Å². The largest absolute Gasteiger partial charge is 0.365 e. The molecule has 3 N–H and O–H groups in total. The lowest BCUT2D eigenvalue weighted by Crippen LogP contribution is -2.33. The Balaban J connectivity index is 1.78. The summed E-state index contributed by atoms with van der Waals surface area (Å²) in [7, 11) is 0. The normalized spacial score (nSPS) is 29.8. The van der Waals surface area contributed by atoms with Crippen LogP contribution in [0.3, 0.4) is 0 Å². The molecule has 2 aliphatic rings.